The predicted molar refractivity (Wildman–Crippen MR) is 68.9 cm³/mol. The van der Waals surface area contributed by atoms with Crippen LogP contribution in [0.3, 0.4) is 0 Å². The molecule has 0 aromatic carbocycles. The topological polar surface area (TPSA) is 41.6 Å². The third-order valence-electron chi connectivity index (χ3n) is 3.18. The maximum absolute atomic E-state index is 12.5. The van der Waals surface area contributed by atoms with Crippen molar-refractivity contribution in [1.82, 2.24) is 10.2 Å². The van der Waals surface area contributed by atoms with E-state index in [2.05, 4.69) is 26.1 Å². The first-order chi connectivity index (χ1) is 7.81. The Morgan fingerprint density at radius 2 is 2.12 bits per heavy atom. The number of nitrogens with zero attached hydrogens (tertiary/aromatic N) is 1. The van der Waals surface area contributed by atoms with Crippen LogP contribution in [0.2, 0.25) is 0 Å². The van der Waals surface area contributed by atoms with Gasteiger partial charge in [0.15, 0.2) is 0 Å². The lowest BCUT2D eigenvalue weighted by Crippen LogP contribution is -2.48. The van der Waals surface area contributed by atoms with Gasteiger partial charge in [-0.05, 0) is 18.4 Å². The molecule has 1 heterocycles. The molecule has 1 aliphatic rings. The van der Waals surface area contributed by atoms with E-state index in [0.717, 1.165) is 26.1 Å². The van der Waals surface area contributed by atoms with E-state index in [9.17, 15) is 4.79 Å². The van der Waals surface area contributed by atoms with Gasteiger partial charge in [-0.3, -0.25) is 4.79 Å². The van der Waals surface area contributed by atoms with E-state index < -0.39 is 0 Å². The Kier molecular flexibility index (Phi) is 4.55. The molecule has 1 N–H and O–H groups in total. The Balaban J connectivity index is 2.71. The molecule has 0 saturated carbocycles. The van der Waals surface area contributed by atoms with Crippen LogP contribution in [0.1, 0.15) is 27.2 Å². The van der Waals surface area contributed by atoms with Gasteiger partial charge in [0.25, 0.3) is 0 Å². The number of methoxy groups -OCH3 is 1. The molecule has 1 rings (SSSR count). The Labute approximate surface area is 105 Å². The molecule has 1 aliphatic heterocycles. The molecule has 17 heavy (non-hydrogen) atoms. The van der Waals surface area contributed by atoms with Crippen LogP contribution in [-0.4, -0.2) is 51.2 Å². The van der Waals surface area contributed by atoms with Gasteiger partial charge in [-0.1, -0.05) is 20.8 Å². The molecule has 0 aromatic rings. The molecular weight excluding hydrogens is 216 g/mol. The van der Waals surface area contributed by atoms with Crippen molar-refractivity contribution in [2.45, 2.75) is 27.2 Å². The highest BCUT2D eigenvalue weighted by Crippen LogP contribution is 2.29. The Morgan fingerprint density at radius 1 is 1.47 bits per heavy atom. The smallest absolute Gasteiger partial charge is 0.232 e. The standard InChI is InChI=1S/C13H26N2O2/c1-12(2,3)9-15(4)11(16)13(10-17-5)6-7-14-8-13/h14H,6-10H2,1-5H3. The van der Waals surface area contributed by atoms with Crippen LogP contribution >= 0.6 is 0 Å². The Morgan fingerprint density at radius 3 is 2.53 bits per heavy atom. The molecule has 0 aliphatic carbocycles. The molecule has 1 fully saturated rings. The van der Waals surface area contributed by atoms with Crippen molar-refractivity contribution < 1.29 is 9.53 Å². The summed E-state index contributed by atoms with van der Waals surface area (Å²) >= 11 is 0. The second-order valence-corrected chi connectivity index (χ2v) is 6.36. The molecule has 0 spiro atoms. The molecule has 1 saturated heterocycles. The molecule has 0 bridgehead atoms. The lowest BCUT2D eigenvalue weighted by molar-refractivity contribution is -0.144. The van der Waals surface area contributed by atoms with E-state index in [1.165, 1.54) is 0 Å². The SMILES string of the molecule is COCC1(C(=O)N(C)CC(C)(C)C)CCNC1. The minimum atomic E-state index is -0.352. The van der Waals surface area contributed by atoms with Gasteiger partial charge in [0.1, 0.15) is 0 Å². The number of rotatable bonds is 4. The number of carbonyl (C=O) groups excluding carboxylic acids is 1. The van der Waals surface area contributed by atoms with E-state index >= 15 is 0 Å². The van der Waals surface area contributed by atoms with Crippen LogP contribution in [0, 0.1) is 10.8 Å². The van der Waals surface area contributed by atoms with E-state index in [4.69, 9.17) is 4.74 Å². The molecule has 1 atom stereocenters. The van der Waals surface area contributed by atoms with Crippen molar-refractivity contribution in [2.75, 3.05) is 40.4 Å². The molecule has 1 amide bonds. The summed E-state index contributed by atoms with van der Waals surface area (Å²) in [6.07, 6.45) is 0.869. The number of hydrogen-bond acceptors (Lipinski definition) is 3. The Bertz CT molecular complexity index is 265. The number of amides is 1. The van der Waals surface area contributed by atoms with Gasteiger partial charge in [0.2, 0.25) is 5.91 Å². The van der Waals surface area contributed by atoms with Gasteiger partial charge in [0.05, 0.1) is 12.0 Å². The summed E-state index contributed by atoms with van der Waals surface area (Å²) < 4.78 is 5.24. The zero-order valence-electron chi connectivity index (χ0n) is 11.8. The molecular formula is C13H26N2O2. The lowest BCUT2D eigenvalue weighted by Gasteiger charge is -2.34. The zero-order chi connectivity index (χ0) is 13.1. The fourth-order valence-corrected chi connectivity index (χ4v) is 2.58. The number of carbonyl (C=O) groups is 1. The van der Waals surface area contributed by atoms with Crippen LogP contribution < -0.4 is 5.32 Å². The molecule has 100 valence electrons. The quantitative estimate of drug-likeness (QED) is 0.803. The maximum atomic E-state index is 12.5. The second-order valence-electron chi connectivity index (χ2n) is 6.36. The molecule has 1 unspecified atom stereocenters. The van der Waals surface area contributed by atoms with Gasteiger partial charge in [0, 0.05) is 27.2 Å². The van der Waals surface area contributed by atoms with E-state index in [-0.39, 0.29) is 16.7 Å². The van der Waals surface area contributed by atoms with Crippen molar-refractivity contribution in [3.8, 4) is 0 Å². The van der Waals surface area contributed by atoms with Crippen LogP contribution in [0.5, 0.6) is 0 Å². The van der Waals surface area contributed by atoms with Crippen LogP contribution in [0.4, 0.5) is 0 Å². The normalized spacial score (nSPS) is 25.0. The molecule has 0 aromatic heterocycles. The summed E-state index contributed by atoms with van der Waals surface area (Å²) in [5.41, 5.74) is -0.223. The van der Waals surface area contributed by atoms with Gasteiger partial charge >= 0.3 is 0 Å². The first-order valence-electron chi connectivity index (χ1n) is 6.26. The summed E-state index contributed by atoms with van der Waals surface area (Å²) in [6, 6.07) is 0. The monoisotopic (exact) mass is 242 g/mol. The molecule has 0 radical (unpaired) electrons. The third-order valence-corrected chi connectivity index (χ3v) is 3.18. The summed E-state index contributed by atoms with van der Waals surface area (Å²) in [7, 11) is 3.56. The van der Waals surface area contributed by atoms with E-state index in [0.29, 0.717) is 6.61 Å². The minimum absolute atomic E-state index is 0.130. The molecule has 4 heteroatoms. The highest BCUT2D eigenvalue weighted by atomic mass is 16.5. The van der Waals surface area contributed by atoms with Crippen LogP contribution in [-0.2, 0) is 9.53 Å². The summed E-state index contributed by atoms with van der Waals surface area (Å²) in [6.45, 7) is 9.35. The van der Waals surface area contributed by atoms with Gasteiger partial charge in [-0.15, -0.1) is 0 Å². The highest BCUT2D eigenvalue weighted by Gasteiger charge is 2.43. The van der Waals surface area contributed by atoms with Gasteiger partial charge < -0.3 is 15.0 Å². The van der Waals surface area contributed by atoms with Crippen molar-refractivity contribution in [3.63, 3.8) is 0 Å². The van der Waals surface area contributed by atoms with Crippen LogP contribution in [0.15, 0.2) is 0 Å². The van der Waals surface area contributed by atoms with Crippen molar-refractivity contribution >= 4 is 5.91 Å². The minimum Gasteiger partial charge on any atom is -0.384 e. The third kappa shape index (κ3) is 3.68. The fourth-order valence-electron chi connectivity index (χ4n) is 2.58. The average Bonchev–Trinajstić information content (AvgIpc) is 2.64. The number of hydrogen-bond donors (Lipinski definition) is 1. The number of ether oxygens (including phenoxy) is 1. The summed E-state index contributed by atoms with van der Waals surface area (Å²) in [5.74, 6) is 0.208. The number of nitrogens with one attached hydrogen (secondary N) is 1. The predicted octanol–water partition coefficient (Wildman–Crippen LogP) is 1.12. The lowest BCUT2D eigenvalue weighted by atomic mass is 9.85. The van der Waals surface area contributed by atoms with Crippen molar-refractivity contribution in [1.29, 1.82) is 0 Å². The highest BCUT2D eigenvalue weighted by molar-refractivity contribution is 5.83. The van der Waals surface area contributed by atoms with E-state index in [1.807, 2.05) is 11.9 Å². The first kappa shape index (κ1) is 14.5. The fraction of sp³-hybridized carbons (Fsp3) is 0.923. The summed E-state index contributed by atoms with van der Waals surface area (Å²) in [4.78, 5) is 14.4. The second kappa shape index (κ2) is 5.36. The Hall–Kier alpha value is -0.610. The molecule has 4 nitrogen and oxygen atoms in total. The van der Waals surface area contributed by atoms with E-state index in [1.54, 1.807) is 7.11 Å². The zero-order valence-corrected chi connectivity index (χ0v) is 11.8. The van der Waals surface area contributed by atoms with Gasteiger partial charge in [-0.2, -0.15) is 0 Å². The van der Waals surface area contributed by atoms with Gasteiger partial charge in [-0.25, -0.2) is 0 Å². The van der Waals surface area contributed by atoms with Crippen molar-refractivity contribution in [3.05, 3.63) is 0 Å². The van der Waals surface area contributed by atoms with Crippen molar-refractivity contribution in [2.24, 2.45) is 10.8 Å². The maximum Gasteiger partial charge on any atom is 0.232 e. The van der Waals surface area contributed by atoms with Crippen LogP contribution in [0.25, 0.3) is 0 Å². The average molecular weight is 242 g/mol. The summed E-state index contributed by atoms with van der Waals surface area (Å²) in [5, 5.41) is 3.27. The largest absolute Gasteiger partial charge is 0.384 e. The first-order valence-corrected chi connectivity index (χ1v) is 6.26.